The first-order chi connectivity index (χ1) is 7.22. The number of nitrogens with one attached hydrogen (secondary N) is 1. The first kappa shape index (κ1) is 14.2. The summed E-state index contributed by atoms with van der Waals surface area (Å²) < 4.78 is 5.23. The van der Waals surface area contributed by atoms with E-state index in [4.69, 9.17) is 9.84 Å². The second-order valence-corrected chi connectivity index (χ2v) is 4.01. The van der Waals surface area contributed by atoms with Crippen LogP contribution in [0.3, 0.4) is 0 Å². The zero-order valence-electron chi connectivity index (χ0n) is 8.77. The van der Waals surface area contributed by atoms with Crippen LogP contribution < -0.4 is 5.32 Å². The van der Waals surface area contributed by atoms with Gasteiger partial charge < -0.3 is 15.2 Å². The summed E-state index contributed by atoms with van der Waals surface area (Å²) in [4.78, 5) is 20.7. The second-order valence-electron chi connectivity index (χ2n) is 2.86. The smallest absolute Gasteiger partial charge is 0.327 e. The normalized spacial score (nSPS) is 12.1. The average molecular weight is 235 g/mol. The van der Waals surface area contributed by atoms with E-state index in [-0.39, 0.29) is 0 Å². The molecular weight excluding hydrogens is 218 g/mol. The predicted molar refractivity (Wildman–Crippen MR) is 59.1 cm³/mol. The lowest BCUT2D eigenvalue weighted by Gasteiger charge is -2.10. The molecule has 0 radical (unpaired) electrons. The molecule has 0 saturated heterocycles. The van der Waals surface area contributed by atoms with E-state index < -0.39 is 12.0 Å². The van der Waals surface area contributed by atoms with Gasteiger partial charge in [-0.3, -0.25) is 4.79 Å². The van der Waals surface area contributed by atoms with Gasteiger partial charge in [-0.1, -0.05) is 6.92 Å². The summed E-state index contributed by atoms with van der Waals surface area (Å²) in [6.07, 6.45) is 1.39. The molecule has 1 amide bonds. The first-order valence-electron chi connectivity index (χ1n) is 4.80. The number of rotatable bonds is 10. The van der Waals surface area contributed by atoms with Crippen LogP contribution in [-0.2, 0) is 14.3 Å². The van der Waals surface area contributed by atoms with E-state index >= 15 is 0 Å². The number of amides is 1. The molecule has 0 rings (SSSR count). The maximum atomic E-state index is 10.6. The lowest BCUT2D eigenvalue weighted by atomic mass is 10.3. The fourth-order valence-corrected chi connectivity index (χ4v) is 1.72. The van der Waals surface area contributed by atoms with Gasteiger partial charge in [0.15, 0.2) is 0 Å². The Morgan fingerprint density at radius 1 is 1.60 bits per heavy atom. The van der Waals surface area contributed by atoms with E-state index in [0.717, 1.165) is 18.8 Å². The van der Waals surface area contributed by atoms with Gasteiger partial charge in [0.05, 0.1) is 6.61 Å². The molecule has 15 heavy (non-hydrogen) atoms. The van der Waals surface area contributed by atoms with Crippen molar-refractivity contribution in [2.24, 2.45) is 0 Å². The van der Waals surface area contributed by atoms with Gasteiger partial charge in [0.1, 0.15) is 6.04 Å². The third kappa shape index (κ3) is 8.26. The number of carbonyl (C=O) groups excluding carboxylic acids is 1. The zero-order chi connectivity index (χ0) is 11.5. The Labute approximate surface area is 93.6 Å². The van der Waals surface area contributed by atoms with Crippen LogP contribution in [0.4, 0.5) is 0 Å². The minimum Gasteiger partial charge on any atom is -0.480 e. The molecule has 0 saturated carbocycles. The molecule has 1 unspecified atom stereocenters. The molecule has 0 aliphatic heterocycles. The largest absolute Gasteiger partial charge is 0.480 e. The molecule has 0 fully saturated rings. The summed E-state index contributed by atoms with van der Waals surface area (Å²) in [5.74, 6) is 0.0949. The summed E-state index contributed by atoms with van der Waals surface area (Å²) in [6.45, 7) is 3.38. The van der Waals surface area contributed by atoms with Crippen LogP contribution in [0.2, 0.25) is 0 Å². The number of aliphatic carboxylic acids is 1. The van der Waals surface area contributed by atoms with Gasteiger partial charge in [-0.15, -0.1) is 0 Å². The van der Waals surface area contributed by atoms with Crippen molar-refractivity contribution < 1.29 is 19.4 Å². The van der Waals surface area contributed by atoms with Gasteiger partial charge >= 0.3 is 5.97 Å². The van der Waals surface area contributed by atoms with E-state index in [1.807, 2.05) is 6.92 Å². The zero-order valence-corrected chi connectivity index (χ0v) is 9.59. The van der Waals surface area contributed by atoms with Crippen LogP contribution in [0.25, 0.3) is 0 Å². The second kappa shape index (κ2) is 9.79. The van der Waals surface area contributed by atoms with Crippen molar-refractivity contribution in [2.75, 3.05) is 24.7 Å². The average Bonchev–Trinajstić information content (AvgIpc) is 2.21. The molecule has 88 valence electrons. The highest BCUT2D eigenvalue weighted by molar-refractivity contribution is 7.99. The van der Waals surface area contributed by atoms with Crippen LogP contribution in [0.5, 0.6) is 0 Å². The molecule has 0 aromatic rings. The highest BCUT2D eigenvalue weighted by Crippen LogP contribution is 2.03. The van der Waals surface area contributed by atoms with Gasteiger partial charge in [0, 0.05) is 18.1 Å². The number of hydrogen-bond acceptors (Lipinski definition) is 4. The van der Waals surface area contributed by atoms with Crippen molar-refractivity contribution in [3.63, 3.8) is 0 Å². The third-order valence-electron chi connectivity index (χ3n) is 1.57. The minimum atomic E-state index is -1.01. The number of carboxylic acid groups (broad SMARTS) is 1. The van der Waals surface area contributed by atoms with Crippen molar-refractivity contribution in [3.8, 4) is 0 Å². The van der Waals surface area contributed by atoms with Crippen LogP contribution in [0, 0.1) is 0 Å². The van der Waals surface area contributed by atoms with E-state index in [1.54, 1.807) is 0 Å². The summed E-state index contributed by atoms with van der Waals surface area (Å²) in [5.41, 5.74) is 0. The Hall–Kier alpha value is -0.750. The van der Waals surface area contributed by atoms with E-state index in [1.165, 1.54) is 11.8 Å². The molecule has 0 heterocycles. The molecular formula is C9H17NO4S. The number of carbonyl (C=O) groups is 2. The quantitative estimate of drug-likeness (QED) is 0.422. The Kier molecular flexibility index (Phi) is 9.30. The van der Waals surface area contributed by atoms with Crippen molar-refractivity contribution >= 4 is 24.1 Å². The molecule has 0 aliphatic rings. The Bertz CT molecular complexity index is 189. The maximum Gasteiger partial charge on any atom is 0.327 e. The Morgan fingerprint density at radius 3 is 2.87 bits per heavy atom. The summed E-state index contributed by atoms with van der Waals surface area (Å²) in [5, 5.41) is 10.9. The fourth-order valence-electron chi connectivity index (χ4n) is 0.838. The monoisotopic (exact) mass is 235 g/mol. The molecule has 2 N–H and O–H groups in total. The number of carboxylic acids is 1. The van der Waals surface area contributed by atoms with Crippen LogP contribution in [-0.4, -0.2) is 48.2 Å². The number of thioether (sulfide) groups is 1. The maximum absolute atomic E-state index is 10.6. The molecule has 5 nitrogen and oxygen atoms in total. The predicted octanol–water partition coefficient (Wildman–Crippen LogP) is 0.345. The van der Waals surface area contributed by atoms with E-state index in [2.05, 4.69) is 5.32 Å². The third-order valence-corrected chi connectivity index (χ3v) is 2.60. The molecule has 1 atom stereocenters. The van der Waals surface area contributed by atoms with Crippen molar-refractivity contribution in [1.82, 2.24) is 5.32 Å². The van der Waals surface area contributed by atoms with Crippen molar-refractivity contribution in [1.29, 1.82) is 0 Å². The Balaban J connectivity index is 3.45. The summed E-state index contributed by atoms with van der Waals surface area (Å²) >= 11 is 1.45. The van der Waals surface area contributed by atoms with E-state index in [9.17, 15) is 9.59 Å². The summed E-state index contributed by atoms with van der Waals surface area (Å²) in [6, 6.07) is -0.807. The minimum absolute atomic E-state index is 0.365. The molecule has 6 heteroatoms. The van der Waals surface area contributed by atoms with Gasteiger partial charge in [-0.2, -0.15) is 11.8 Å². The van der Waals surface area contributed by atoms with Gasteiger partial charge in [-0.05, 0) is 6.42 Å². The molecule has 0 bridgehead atoms. The van der Waals surface area contributed by atoms with Gasteiger partial charge in [-0.25, -0.2) is 4.79 Å². The SMILES string of the molecule is CCCOCCSCC(NC=O)C(=O)O. The molecule has 0 spiro atoms. The van der Waals surface area contributed by atoms with Gasteiger partial charge in [0.2, 0.25) is 6.41 Å². The Morgan fingerprint density at radius 2 is 2.33 bits per heavy atom. The lowest BCUT2D eigenvalue weighted by Crippen LogP contribution is -2.38. The van der Waals surface area contributed by atoms with Gasteiger partial charge in [0.25, 0.3) is 0 Å². The van der Waals surface area contributed by atoms with Crippen LogP contribution in [0.1, 0.15) is 13.3 Å². The van der Waals surface area contributed by atoms with Crippen LogP contribution >= 0.6 is 11.8 Å². The molecule has 0 aromatic carbocycles. The number of hydrogen-bond donors (Lipinski definition) is 2. The van der Waals surface area contributed by atoms with Crippen molar-refractivity contribution in [2.45, 2.75) is 19.4 Å². The fraction of sp³-hybridized carbons (Fsp3) is 0.778. The molecule has 0 aliphatic carbocycles. The topological polar surface area (TPSA) is 75.6 Å². The summed E-state index contributed by atoms with van der Waals surface area (Å²) in [7, 11) is 0. The van der Waals surface area contributed by atoms with Crippen LogP contribution in [0.15, 0.2) is 0 Å². The van der Waals surface area contributed by atoms with Crippen molar-refractivity contribution in [3.05, 3.63) is 0 Å². The lowest BCUT2D eigenvalue weighted by molar-refractivity contribution is -0.139. The standard InChI is InChI=1S/C9H17NO4S/c1-2-3-14-4-5-15-6-8(9(12)13)10-7-11/h7-8H,2-6H2,1H3,(H,10,11)(H,12,13). The first-order valence-corrected chi connectivity index (χ1v) is 5.95. The van der Waals surface area contributed by atoms with E-state index in [0.29, 0.717) is 18.8 Å². The molecule has 0 aromatic heterocycles. The highest BCUT2D eigenvalue weighted by Gasteiger charge is 2.15. The highest BCUT2D eigenvalue weighted by atomic mass is 32.2. The number of ether oxygens (including phenoxy) is 1.